The van der Waals surface area contributed by atoms with E-state index >= 15 is 0 Å². The average molecular weight is 465 g/mol. The largest absolute Gasteiger partial charge is 0.338 e. The molecule has 0 saturated carbocycles. The summed E-state index contributed by atoms with van der Waals surface area (Å²) in [7, 11) is 1.61. The molecule has 9 nitrogen and oxygen atoms in total. The molecule has 4 heterocycles. The molecule has 0 unspecified atom stereocenters. The molecule has 3 aromatic heterocycles. The highest BCUT2D eigenvalue weighted by atomic mass is 32.1. The fourth-order valence-electron chi connectivity index (χ4n) is 4.31. The Kier molecular flexibility index (Phi) is 5.53. The van der Waals surface area contributed by atoms with Crippen molar-refractivity contribution in [3.63, 3.8) is 0 Å². The van der Waals surface area contributed by atoms with Crippen molar-refractivity contribution in [2.45, 2.75) is 45.1 Å². The van der Waals surface area contributed by atoms with E-state index in [1.807, 2.05) is 23.1 Å². The van der Waals surface area contributed by atoms with Crippen molar-refractivity contribution in [1.29, 1.82) is 0 Å². The Hall–Kier alpha value is -3.40. The molecule has 5 rings (SSSR count). The first-order valence-corrected chi connectivity index (χ1v) is 11.8. The average Bonchev–Trinajstić information content (AvgIpc) is 3.55. The van der Waals surface area contributed by atoms with Crippen molar-refractivity contribution >= 4 is 32.6 Å². The molecule has 1 aliphatic rings. The van der Waals surface area contributed by atoms with E-state index in [1.165, 1.54) is 15.9 Å². The van der Waals surface area contributed by atoms with E-state index in [2.05, 4.69) is 39.2 Å². The van der Waals surface area contributed by atoms with E-state index in [4.69, 9.17) is 4.52 Å². The smallest absolute Gasteiger partial charge is 0.294 e. The summed E-state index contributed by atoms with van der Waals surface area (Å²) in [5.74, 6) is 1.30. The predicted molar refractivity (Wildman–Crippen MR) is 126 cm³/mol. The van der Waals surface area contributed by atoms with Gasteiger partial charge in [0.15, 0.2) is 27.1 Å². The molecule has 2 atom stereocenters. The molecular formula is C23H24N6O3S. The highest BCUT2D eigenvalue weighted by Gasteiger charge is 2.34. The zero-order chi connectivity index (χ0) is 23.1. The quantitative estimate of drug-likeness (QED) is 0.427. The van der Waals surface area contributed by atoms with Gasteiger partial charge in [0.25, 0.3) is 11.4 Å². The Labute approximate surface area is 194 Å². The summed E-state index contributed by atoms with van der Waals surface area (Å²) < 4.78 is 6.58. The number of hydrogen-bond acceptors (Lipinski definition) is 9. The van der Waals surface area contributed by atoms with Crippen LogP contribution in [0.1, 0.15) is 43.5 Å². The van der Waals surface area contributed by atoms with Crippen molar-refractivity contribution in [3.05, 3.63) is 52.1 Å². The number of Topliss-reactive ketones (excluding diaryl/α,β-unsaturated/α-hetero) is 1. The van der Waals surface area contributed by atoms with Gasteiger partial charge < -0.3 is 9.42 Å². The maximum Gasteiger partial charge on any atom is 0.294 e. The number of carbonyl (C=O) groups is 1. The number of benzene rings is 1. The van der Waals surface area contributed by atoms with Gasteiger partial charge in [0.2, 0.25) is 5.82 Å². The molecule has 0 spiro atoms. The highest BCUT2D eigenvalue weighted by Crippen LogP contribution is 2.34. The van der Waals surface area contributed by atoms with Gasteiger partial charge in [0.1, 0.15) is 0 Å². The van der Waals surface area contributed by atoms with E-state index in [-0.39, 0.29) is 34.7 Å². The molecule has 1 fully saturated rings. The summed E-state index contributed by atoms with van der Waals surface area (Å²) in [6.45, 7) is 4.52. The standard InChI is InChI=1S/C23H24N6O3S/c1-13(15-8-5-4-6-9-15)12-17(30)16-10-7-11-29(16)23-25-18-21(33-23)26-19(28(3)22(18)31)20-24-14(2)27-32-20/h4-6,8-9,13,16H,7,10-12H2,1-3H3/t13-,16+/m0/s1. The fraction of sp³-hybridized carbons (Fsp3) is 0.391. The summed E-state index contributed by atoms with van der Waals surface area (Å²) in [5.41, 5.74) is 1.16. The van der Waals surface area contributed by atoms with Gasteiger partial charge in [-0.05, 0) is 31.2 Å². The van der Waals surface area contributed by atoms with E-state index in [9.17, 15) is 9.59 Å². The highest BCUT2D eigenvalue weighted by molar-refractivity contribution is 7.21. The number of ketones is 1. The van der Waals surface area contributed by atoms with Crippen LogP contribution >= 0.6 is 11.3 Å². The van der Waals surface area contributed by atoms with Gasteiger partial charge in [0, 0.05) is 20.0 Å². The van der Waals surface area contributed by atoms with Crippen LogP contribution in [0.15, 0.2) is 39.6 Å². The molecule has 0 bridgehead atoms. The van der Waals surface area contributed by atoms with Crippen molar-refractivity contribution < 1.29 is 9.32 Å². The number of anilines is 1. The number of aryl methyl sites for hydroxylation is 1. The zero-order valence-electron chi connectivity index (χ0n) is 18.7. The van der Waals surface area contributed by atoms with Crippen LogP contribution in [0, 0.1) is 6.92 Å². The lowest BCUT2D eigenvalue weighted by molar-refractivity contribution is -0.120. The SMILES string of the molecule is Cc1noc(-c2nc3sc(N4CCC[C@@H]4C(=O)C[C@H](C)c4ccccc4)nc3c(=O)n2C)n1. The van der Waals surface area contributed by atoms with E-state index in [1.54, 1.807) is 14.0 Å². The lowest BCUT2D eigenvalue weighted by atomic mass is 9.93. The number of aromatic nitrogens is 5. The first-order valence-electron chi connectivity index (χ1n) is 10.9. The number of fused-ring (bicyclic) bond motifs is 1. The molecule has 0 amide bonds. The van der Waals surface area contributed by atoms with Crippen LogP contribution in [0.4, 0.5) is 5.13 Å². The van der Waals surface area contributed by atoms with Crippen LogP contribution in [0.3, 0.4) is 0 Å². The normalized spacial score (nSPS) is 17.1. The van der Waals surface area contributed by atoms with Crippen LogP contribution in [-0.4, -0.2) is 43.0 Å². The van der Waals surface area contributed by atoms with Gasteiger partial charge >= 0.3 is 0 Å². The maximum absolute atomic E-state index is 13.2. The minimum Gasteiger partial charge on any atom is -0.338 e. The number of hydrogen-bond donors (Lipinski definition) is 0. The third kappa shape index (κ3) is 3.95. The lowest BCUT2D eigenvalue weighted by Crippen LogP contribution is -2.36. The van der Waals surface area contributed by atoms with Gasteiger partial charge in [-0.15, -0.1) is 0 Å². The predicted octanol–water partition coefficient (Wildman–Crippen LogP) is 3.48. The Morgan fingerprint density at radius 2 is 2.03 bits per heavy atom. The van der Waals surface area contributed by atoms with Gasteiger partial charge in [-0.3, -0.25) is 14.2 Å². The maximum atomic E-state index is 13.2. The minimum absolute atomic E-state index is 0.144. The van der Waals surface area contributed by atoms with Gasteiger partial charge in [-0.2, -0.15) is 4.98 Å². The number of thiazole rings is 1. The summed E-state index contributed by atoms with van der Waals surface area (Å²) in [6, 6.07) is 9.85. The Morgan fingerprint density at radius 1 is 1.24 bits per heavy atom. The lowest BCUT2D eigenvalue weighted by Gasteiger charge is -2.24. The fourth-order valence-corrected chi connectivity index (χ4v) is 5.32. The van der Waals surface area contributed by atoms with E-state index in [0.717, 1.165) is 24.9 Å². The molecule has 0 aliphatic carbocycles. The molecule has 0 radical (unpaired) electrons. The number of carbonyl (C=O) groups excluding carboxylic acids is 1. The molecule has 170 valence electrons. The second-order valence-electron chi connectivity index (χ2n) is 8.43. The molecular weight excluding hydrogens is 440 g/mol. The minimum atomic E-state index is -0.284. The molecule has 0 N–H and O–H groups in total. The topological polar surface area (TPSA) is 107 Å². The summed E-state index contributed by atoms with van der Waals surface area (Å²) in [5, 5.41) is 4.44. The van der Waals surface area contributed by atoms with E-state index in [0.29, 0.717) is 28.0 Å². The van der Waals surface area contributed by atoms with E-state index < -0.39 is 0 Å². The first kappa shape index (κ1) is 21.4. The first-order chi connectivity index (χ1) is 15.9. The summed E-state index contributed by atoms with van der Waals surface area (Å²) in [6.07, 6.45) is 2.16. The summed E-state index contributed by atoms with van der Waals surface area (Å²) in [4.78, 5) is 42.1. The molecule has 1 aromatic carbocycles. The summed E-state index contributed by atoms with van der Waals surface area (Å²) >= 11 is 1.32. The number of rotatable bonds is 6. The second kappa shape index (κ2) is 8.51. The number of nitrogens with zero attached hydrogens (tertiary/aromatic N) is 6. The van der Waals surface area contributed by atoms with Crippen LogP contribution in [0.2, 0.25) is 0 Å². The van der Waals surface area contributed by atoms with Gasteiger partial charge in [-0.1, -0.05) is 53.7 Å². The van der Waals surface area contributed by atoms with Gasteiger partial charge in [-0.25, -0.2) is 9.97 Å². The van der Waals surface area contributed by atoms with Crippen molar-refractivity contribution in [2.75, 3.05) is 11.4 Å². The molecule has 1 saturated heterocycles. The Morgan fingerprint density at radius 3 is 2.76 bits per heavy atom. The molecule has 4 aromatic rings. The Bertz CT molecular complexity index is 1380. The van der Waals surface area contributed by atoms with Gasteiger partial charge in [0.05, 0.1) is 6.04 Å². The van der Waals surface area contributed by atoms with Crippen molar-refractivity contribution in [3.8, 4) is 11.7 Å². The second-order valence-corrected chi connectivity index (χ2v) is 9.39. The third-order valence-electron chi connectivity index (χ3n) is 6.10. The van der Waals surface area contributed by atoms with Crippen LogP contribution < -0.4 is 10.5 Å². The molecule has 1 aliphatic heterocycles. The van der Waals surface area contributed by atoms with Crippen LogP contribution in [-0.2, 0) is 11.8 Å². The molecule has 33 heavy (non-hydrogen) atoms. The third-order valence-corrected chi connectivity index (χ3v) is 7.08. The Balaban J connectivity index is 1.44. The van der Waals surface area contributed by atoms with Crippen molar-refractivity contribution in [1.82, 2.24) is 24.7 Å². The van der Waals surface area contributed by atoms with Crippen LogP contribution in [0.5, 0.6) is 0 Å². The van der Waals surface area contributed by atoms with Crippen LogP contribution in [0.25, 0.3) is 22.1 Å². The monoisotopic (exact) mass is 464 g/mol. The zero-order valence-corrected chi connectivity index (χ0v) is 19.5. The van der Waals surface area contributed by atoms with Crippen molar-refractivity contribution in [2.24, 2.45) is 7.05 Å². The molecule has 10 heteroatoms.